The predicted octanol–water partition coefficient (Wildman–Crippen LogP) is -0.268. The Labute approximate surface area is 115 Å². The molecule has 0 fully saturated rings. The Kier molecular flexibility index (Phi) is 9.79. The molecule has 0 aromatic heterocycles. The van der Waals surface area contributed by atoms with Gasteiger partial charge in [0.15, 0.2) is 0 Å². The topological polar surface area (TPSA) is 81.6 Å². The number of carbonyl (C=O) groups excluding carboxylic acids is 1. The fourth-order valence-corrected chi connectivity index (χ4v) is 1.41. The summed E-state index contributed by atoms with van der Waals surface area (Å²) in [7, 11) is 0.306. The van der Waals surface area contributed by atoms with E-state index < -0.39 is 7.12 Å². The number of hydrogen-bond acceptors (Lipinski definition) is 4. The Hall–Kier alpha value is -1.37. The van der Waals surface area contributed by atoms with Gasteiger partial charge < -0.3 is 20.7 Å². The molecule has 0 unspecified atom stereocenters. The van der Waals surface area contributed by atoms with Crippen LogP contribution in [-0.4, -0.2) is 43.2 Å². The lowest BCUT2D eigenvalue weighted by Gasteiger charge is -2.06. The van der Waals surface area contributed by atoms with E-state index in [-0.39, 0.29) is 5.91 Å². The summed E-state index contributed by atoms with van der Waals surface area (Å²) in [5, 5.41) is 23.7. The van der Waals surface area contributed by atoms with Gasteiger partial charge in [0.25, 0.3) is 5.91 Å². The van der Waals surface area contributed by atoms with Crippen molar-refractivity contribution in [1.82, 2.24) is 10.6 Å². The molecule has 0 aliphatic rings. The number of amides is 1. The highest BCUT2D eigenvalue weighted by Crippen LogP contribution is 1.97. The number of hydrogen-bond donors (Lipinski definition) is 4. The average Bonchev–Trinajstić information content (AvgIpc) is 2.45. The van der Waals surface area contributed by atoms with E-state index in [1.165, 1.54) is 6.07 Å². The lowest BCUT2D eigenvalue weighted by atomic mass is 9.79. The molecule has 0 saturated heterocycles. The van der Waals surface area contributed by atoms with Gasteiger partial charge in [-0.3, -0.25) is 4.79 Å². The fraction of sp³-hybridized carbons (Fsp3) is 0.462. The van der Waals surface area contributed by atoms with Crippen molar-refractivity contribution in [2.45, 2.75) is 20.3 Å². The van der Waals surface area contributed by atoms with Gasteiger partial charge in [-0.1, -0.05) is 26.0 Å². The van der Waals surface area contributed by atoms with Crippen LogP contribution in [0.1, 0.15) is 30.6 Å². The molecule has 1 aromatic carbocycles. The van der Waals surface area contributed by atoms with E-state index >= 15 is 0 Å². The van der Waals surface area contributed by atoms with Crippen LogP contribution in [0.25, 0.3) is 0 Å². The van der Waals surface area contributed by atoms with E-state index in [0.29, 0.717) is 17.6 Å². The van der Waals surface area contributed by atoms with E-state index in [1.54, 1.807) is 18.2 Å². The molecule has 6 heteroatoms. The second kappa shape index (κ2) is 10.5. The Bertz CT molecular complexity index is 373. The maximum Gasteiger partial charge on any atom is 0.488 e. The van der Waals surface area contributed by atoms with Gasteiger partial charge in [0.1, 0.15) is 0 Å². The molecule has 0 aliphatic heterocycles. The summed E-state index contributed by atoms with van der Waals surface area (Å²) >= 11 is 0. The summed E-state index contributed by atoms with van der Waals surface area (Å²) in [5.74, 6) is -0.205. The van der Waals surface area contributed by atoms with E-state index in [4.69, 9.17) is 10.0 Å². The van der Waals surface area contributed by atoms with E-state index in [9.17, 15) is 4.79 Å². The van der Waals surface area contributed by atoms with Crippen molar-refractivity contribution in [3.05, 3.63) is 29.8 Å². The van der Waals surface area contributed by atoms with E-state index in [0.717, 1.165) is 13.0 Å². The minimum atomic E-state index is -1.55. The van der Waals surface area contributed by atoms with Crippen LogP contribution in [0, 0.1) is 0 Å². The standard InChI is InChI=1S/C11H17BN2O3.C2H6/c1-13-6-3-7-14-11(15)9-4-2-5-10(8-9)12(16)17;1-2/h2,4-5,8,13,16-17H,3,6-7H2,1H3,(H,14,15);1-2H3. The maximum atomic E-state index is 11.7. The monoisotopic (exact) mass is 266 g/mol. The third kappa shape index (κ3) is 6.95. The highest BCUT2D eigenvalue weighted by atomic mass is 16.4. The van der Waals surface area contributed by atoms with Gasteiger partial charge in [0, 0.05) is 12.1 Å². The van der Waals surface area contributed by atoms with Crippen LogP contribution >= 0.6 is 0 Å². The first-order valence-electron chi connectivity index (χ1n) is 6.54. The first kappa shape index (κ1) is 17.6. The van der Waals surface area contributed by atoms with Crippen LogP contribution in [0.4, 0.5) is 0 Å². The molecule has 1 rings (SSSR count). The summed E-state index contributed by atoms with van der Waals surface area (Å²) in [6.45, 7) is 5.43. The smallest absolute Gasteiger partial charge is 0.423 e. The highest BCUT2D eigenvalue weighted by Gasteiger charge is 2.13. The van der Waals surface area contributed by atoms with Crippen LogP contribution in [0.3, 0.4) is 0 Å². The number of carbonyl (C=O) groups is 1. The molecule has 1 amide bonds. The van der Waals surface area contributed by atoms with Crippen molar-refractivity contribution in [3.8, 4) is 0 Å². The first-order valence-corrected chi connectivity index (χ1v) is 6.54. The van der Waals surface area contributed by atoms with Crippen LogP contribution in [0.15, 0.2) is 24.3 Å². The van der Waals surface area contributed by atoms with Crippen molar-refractivity contribution in [2.24, 2.45) is 0 Å². The van der Waals surface area contributed by atoms with Gasteiger partial charge in [-0.25, -0.2) is 0 Å². The number of nitrogens with one attached hydrogen (secondary N) is 2. The SMILES string of the molecule is CC.CNCCCNC(=O)c1cccc(B(O)O)c1. The van der Waals surface area contributed by atoms with Crippen molar-refractivity contribution >= 4 is 18.5 Å². The predicted molar refractivity (Wildman–Crippen MR) is 78.5 cm³/mol. The summed E-state index contributed by atoms with van der Waals surface area (Å²) in [6.07, 6.45) is 0.852. The zero-order valence-corrected chi connectivity index (χ0v) is 11.8. The van der Waals surface area contributed by atoms with Gasteiger partial charge in [-0.05, 0) is 37.6 Å². The Morgan fingerprint density at radius 2 is 1.95 bits per heavy atom. The molecule has 0 atom stereocenters. The maximum absolute atomic E-state index is 11.7. The zero-order valence-electron chi connectivity index (χ0n) is 11.8. The van der Waals surface area contributed by atoms with Gasteiger partial charge >= 0.3 is 7.12 Å². The average molecular weight is 266 g/mol. The molecule has 19 heavy (non-hydrogen) atoms. The molecule has 0 radical (unpaired) electrons. The molecule has 0 heterocycles. The fourth-order valence-electron chi connectivity index (χ4n) is 1.41. The summed E-state index contributed by atoms with van der Waals surface area (Å²) in [4.78, 5) is 11.7. The van der Waals surface area contributed by atoms with Crippen LogP contribution in [0.5, 0.6) is 0 Å². The molecule has 4 N–H and O–H groups in total. The van der Waals surface area contributed by atoms with Crippen molar-refractivity contribution in [1.29, 1.82) is 0 Å². The molecule has 0 spiro atoms. The molecule has 0 aliphatic carbocycles. The highest BCUT2D eigenvalue weighted by molar-refractivity contribution is 6.58. The summed E-state index contributed by atoms with van der Waals surface area (Å²) in [6, 6.07) is 6.29. The number of rotatable bonds is 6. The van der Waals surface area contributed by atoms with Crippen LogP contribution in [-0.2, 0) is 0 Å². The Balaban J connectivity index is 0.00000154. The largest absolute Gasteiger partial charge is 0.488 e. The van der Waals surface area contributed by atoms with Gasteiger partial charge in [0.2, 0.25) is 0 Å². The third-order valence-corrected chi connectivity index (χ3v) is 2.34. The van der Waals surface area contributed by atoms with Crippen molar-refractivity contribution in [2.75, 3.05) is 20.1 Å². The van der Waals surface area contributed by atoms with Crippen molar-refractivity contribution < 1.29 is 14.8 Å². The van der Waals surface area contributed by atoms with Crippen LogP contribution in [0.2, 0.25) is 0 Å². The number of benzene rings is 1. The second-order valence-corrected chi connectivity index (χ2v) is 3.71. The quantitative estimate of drug-likeness (QED) is 0.422. The molecule has 0 bridgehead atoms. The first-order chi connectivity index (χ1) is 9.15. The lowest BCUT2D eigenvalue weighted by molar-refractivity contribution is 0.0953. The van der Waals surface area contributed by atoms with E-state index in [1.807, 2.05) is 20.9 Å². The molecular weight excluding hydrogens is 243 g/mol. The normalized spacial score (nSPS) is 9.32. The minimum Gasteiger partial charge on any atom is -0.423 e. The molecular formula is C13H23BN2O3. The Morgan fingerprint density at radius 1 is 1.26 bits per heavy atom. The minimum absolute atomic E-state index is 0.205. The van der Waals surface area contributed by atoms with Crippen LogP contribution < -0.4 is 16.1 Å². The van der Waals surface area contributed by atoms with Gasteiger partial charge in [-0.15, -0.1) is 0 Å². The van der Waals surface area contributed by atoms with Crippen molar-refractivity contribution in [3.63, 3.8) is 0 Å². The van der Waals surface area contributed by atoms with Gasteiger partial charge in [0.05, 0.1) is 0 Å². The zero-order chi connectivity index (χ0) is 14.7. The molecule has 0 saturated carbocycles. The second-order valence-electron chi connectivity index (χ2n) is 3.71. The van der Waals surface area contributed by atoms with Gasteiger partial charge in [-0.2, -0.15) is 0 Å². The Morgan fingerprint density at radius 3 is 2.53 bits per heavy atom. The lowest BCUT2D eigenvalue weighted by Crippen LogP contribution is -2.32. The van der Waals surface area contributed by atoms with E-state index in [2.05, 4.69) is 10.6 Å². The molecule has 5 nitrogen and oxygen atoms in total. The summed E-state index contributed by atoms with van der Waals surface area (Å²) < 4.78 is 0. The third-order valence-electron chi connectivity index (χ3n) is 2.34. The molecule has 106 valence electrons. The summed E-state index contributed by atoms with van der Waals surface area (Å²) in [5.41, 5.74) is 0.743. The molecule has 1 aromatic rings.